The Kier molecular flexibility index (Phi) is 6.24. The minimum Gasteiger partial charge on any atom is -0.493 e. The molecular formula is C26H20BrN3O4. The van der Waals surface area contributed by atoms with Gasteiger partial charge in [-0.2, -0.15) is 9.78 Å². The predicted molar refractivity (Wildman–Crippen MR) is 133 cm³/mol. The van der Waals surface area contributed by atoms with Gasteiger partial charge in [0.15, 0.2) is 12.2 Å². The summed E-state index contributed by atoms with van der Waals surface area (Å²) in [4.78, 5) is 17.4. The molecule has 2 aromatic heterocycles. The Hall–Kier alpha value is -3.75. The fourth-order valence-corrected chi connectivity index (χ4v) is 4.26. The Morgan fingerprint density at radius 3 is 2.62 bits per heavy atom. The summed E-state index contributed by atoms with van der Waals surface area (Å²) in [7, 11) is 0. The van der Waals surface area contributed by atoms with E-state index >= 15 is 0 Å². The van der Waals surface area contributed by atoms with Crippen LogP contribution in [0.25, 0.3) is 39.0 Å². The molecule has 8 heteroatoms. The molecule has 0 unspecified atom stereocenters. The summed E-state index contributed by atoms with van der Waals surface area (Å²) in [6.45, 7) is 0.436. The van der Waals surface area contributed by atoms with Crippen molar-refractivity contribution >= 4 is 26.7 Å². The minimum atomic E-state index is -0.225. The van der Waals surface area contributed by atoms with Gasteiger partial charge in [0.25, 0.3) is 5.56 Å². The third-order valence-electron chi connectivity index (χ3n) is 5.33. The van der Waals surface area contributed by atoms with E-state index in [1.807, 2.05) is 54.6 Å². The number of fused-ring (bicyclic) bond motifs is 1. The van der Waals surface area contributed by atoms with Gasteiger partial charge >= 0.3 is 0 Å². The zero-order chi connectivity index (χ0) is 23.5. The number of nitrogens with zero attached hydrogens (tertiary/aromatic N) is 3. The molecular weight excluding hydrogens is 498 g/mol. The number of aliphatic hydroxyl groups excluding tert-OH is 1. The number of aromatic nitrogens is 3. The van der Waals surface area contributed by atoms with E-state index in [1.54, 1.807) is 18.3 Å². The van der Waals surface area contributed by atoms with Gasteiger partial charge in [0, 0.05) is 40.1 Å². The number of halogens is 1. The zero-order valence-electron chi connectivity index (χ0n) is 18.0. The monoisotopic (exact) mass is 517 g/mol. The number of aliphatic hydroxyl groups is 1. The molecule has 1 N–H and O–H groups in total. The van der Waals surface area contributed by atoms with Crippen LogP contribution in [0.2, 0.25) is 0 Å². The number of oxazole rings is 1. The van der Waals surface area contributed by atoms with E-state index in [-0.39, 0.29) is 12.2 Å². The second-order valence-electron chi connectivity index (χ2n) is 7.63. The van der Waals surface area contributed by atoms with E-state index in [4.69, 9.17) is 19.4 Å². The molecule has 0 radical (unpaired) electrons. The Bertz CT molecular complexity index is 1510. The molecule has 0 aliphatic rings. The number of benzene rings is 3. The molecule has 170 valence electrons. The lowest BCUT2D eigenvalue weighted by Crippen LogP contribution is -2.22. The largest absolute Gasteiger partial charge is 0.493 e. The number of hydrogen-bond acceptors (Lipinski definition) is 6. The van der Waals surface area contributed by atoms with Crippen LogP contribution in [0.4, 0.5) is 0 Å². The van der Waals surface area contributed by atoms with E-state index in [2.05, 4.69) is 20.9 Å². The molecule has 0 spiro atoms. The van der Waals surface area contributed by atoms with Gasteiger partial charge in [-0.15, -0.1) is 0 Å². The summed E-state index contributed by atoms with van der Waals surface area (Å²) < 4.78 is 13.4. The molecule has 3 aromatic carbocycles. The summed E-state index contributed by atoms with van der Waals surface area (Å²) in [6, 6.07) is 20.5. The third-order valence-corrected chi connectivity index (χ3v) is 5.78. The van der Waals surface area contributed by atoms with Crippen molar-refractivity contribution in [2.45, 2.75) is 6.42 Å². The summed E-state index contributed by atoms with van der Waals surface area (Å²) in [6.07, 6.45) is 3.57. The highest BCUT2D eigenvalue weighted by Crippen LogP contribution is 2.32. The maximum atomic E-state index is 13.4. The molecule has 34 heavy (non-hydrogen) atoms. The fourth-order valence-electron chi connectivity index (χ4n) is 3.76. The lowest BCUT2D eigenvalue weighted by atomic mass is 10.0. The molecule has 5 rings (SSSR count). The van der Waals surface area contributed by atoms with Crippen LogP contribution in [0.5, 0.6) is 5.75 Å². The molecule has 0 bridgehead atoms. The fraction of sp³-hybridized carbons (Fsp3) is 0.115. The van der Waals surface area contributed by atoms with Crippen LogP contribution < -0.4 is 10.3 Å². The molecule has 0 saturated heterocycles. The van der Waals surface area contributed by atoms with E-state index in [1.165, 1.54) is 11.1 Å². The minimum absolute atomic E-state index is 0.0530. The quantitative estimate of drug-likeness (QED) is 0.297. The van der Waals surface area contributed by atoms with Gasteiger partial charge in [-0.05, 0) is 36.4 Å². The normalized spacial score (nSPS) is 11.1. The first kappa shape index (κ1) is 22.1. The van der Waals surface area contributed by atoms with Crippen molar-refractivity contribution in [3.63, 3.8) is 0 Å². The SMILES string of the molecule is O=c1c2ccccc2c(-c2cc(Br)cc(-c3cnco3)c2)nn1-c1cccc(OCCCO)c1. The maximum absolute atomic E-state index is 13.4. The smallest absolute Gasteiger partial charge is 0.279 e. The van der Waals surface area contributed by atoms with Gasteiger partial charge in [-0.3, -0.25) is 4.79 Å². The van der Waals surface area contributed by atoms with E-state index in [9.17, 15) is 4.79 Å². The highest BCUT2D eigenvalue weighted by molar-refractivity contribution is 9.10. The van der Waals surface area contributed by atoms with Crippen molar-refractivity contribution in [1.82, 2.24) is 14.8 Å². The second kappa shape index (κ2) is 9.62. The van der Waals surface area contributed by atoms with Gasteiger partial charge < -0.3 is 14.3 Å². The second-order valence-corrected chi connectivity index (χ2v) is 8.54. The molecule has 0 saturated carbocycles. The highest BCUT2D eigenvalue weighted by Gasteiger charge is 2.16. The topological polar surface area (TPSA) is 90.4 Å². The zero-order valence-corrected chi connectivity index (χ0v) is 19.6. The molecule has 0 aliphatic heterocycles. The molecule has 7 nitrogen and oxygen atoms in total. The van der Waals surface area contributed by atoms with Crippen molar-refractivity contribution < 1.29 is 14.3 Å². The van der Waals surface area contributed by atoms with Crippen LogP contribution in [-0.4, -0.2) is 33.1 Å². The molecule has 2 heterocycles. The summed E-state index contributed by atoms with van der Waals surface area (Å²) in [5.41, 5.74) is 2.68. The van der Waals surface area contributed by atoms with Crippen LogP contribution in [-0.2, 0) is 0 Å². The van der Waals surface area contributed by atoms with Crippen molar-refractivity contribution in [2.75, 3.05) is 13.2 Å². The standard InChI is InChI=1S/C26H20BrN3O4/c27-19-12-17(24-15-28-16-34-24)11-18(13-19)25-22-7-1-2-8-23(22)26(32)30(29-25)20-5-3-6-21(14-20)33-10-4-9-31/h1-3,5-8,11-16,31H,4,9-10H2. The van der Waals surface area contributed by atoms with Gasteiger partial charge in [0.2, 0.25) is 0 Å². The van der Waals surface area contributed by atoms with Crippen molar-refractivity contribution in [3.05, 3.63) is 94.1 Å². The van der Waals surface area contributed by atoms with Crippen LogP contribution in [0.3, 0.4) is 0 Å². The predicted octanol–water partition coefficient (Wildman–Crippen LogP) is 5.23. The average Bonchev–Trinajstić information content (AvgIpc) is 3.40. The maximum Gasteiger partial charge on any atom is 0.279 e. The average molecular weight is 518 g/mol. The van der Waals surface area contributed by atoms with Crippen LogP contribution in [0.15, 0.2) is 93.0 Å². The Morgan fingerprint density at radius 2 is 1.82 bits per heavy atom. The van der Waals surface area contributed by atoms with Crippen LogP contribution in [0, 0.1) is 0 Å². The number of ether oxygens (including phenoxy) is 1. The van der Waals surface area contributed by atoms with Crippen molar-refractivity contribution in [3.8, 4) is 34.0 Å². The lowest BCUT2D eigenvalue weighted by Gasteiger charge is -2.13. The highest BCUT2D eigenvalue weighted by atomic mass is 79.9. The Morgan fingerprint density at radius 1 is 1.00 bits per heavy atom. The van der Waals surface area contributed by atoms with E-state index < -0.39 is 0 Å². The lowest BCUT2D eigenvalue weighted by molar-refractivity contribution is 0.233. The summed E-state index contributed by atoms with van der Waals surface area (Å²) in [5.74, 6) is 1.23. The Balaban J connectivity index is 1.69. The first-order valence-corrected chi connectivity index (χ1v) is 11.5. The van der Waals surface area contributed by atoms with Gasteiger partial charge in [0.1, 0.15) is 5.75 Å². The first-order valence-electron chi connectivity index (χ1n) is 10.7. The number of hydrogen-bond donors (Lipinski definition) is 1. The first-order chi connectivity index (χ1) is 16.6. The third kappa shape index (κ3) is 4.37. The van der Waals surface area contributed by atoms with Crippen molar-refractivity contribution in [1.29, 1.82) is 0 Å². The molecule has 0 amide bonds. The van der Waals surface area contributed by atoms with Crippen LogP contribution in [0.1, 0.15) is 6.42 Å². The summed E-state index contributed by atoms with van der Waals surface area (Å²) in [5, 5.41) is 15.1. The van der Waals surface area contributed by atoms with Gasteiger partial charge in [-0.25, -0.2) is 4.98 Å². The van der Waals surface area contributed by atoms with E-state index in [0.29, 0.717) is 41.3 Å². The Labute approximate surface area is 203 Å². The van der Waals surface area contributed by atoms with Crippen molar-refractivity contribution in [2.24, 2.45) is 0 Å². The van der Waals surface area contributed by atoms with E-state index in [0.717, 1.165) is 21.0 Å². The molecule has 5 aromatic rings. The van der Waals surface area contributed by atoms with Crippen LogP contribution >= 0.6 is 15.9 Å². The van der Waals surface area contributed by atoms with Gasteiger partial charge in [0.05, 0.1) is 29.6 Å². The van der Waals surface area contributed by atoms with Gasteiger partial charge in [-0.1, -0.05) is 40.2 Å². The molecule has 0 atom stereocenters. The summed E-state index contributed by atoms with van der Waals surface area (Å²) >= 11 is 3.58. The molecule has 0 fully saturated rings. The number of rotatable bonds is 7. The molecule has 0 aliphatic carbocycles.